The summed E-state index contributed by atoms with van der Waals surface area (Å²) >= 11 is 1.54. The van der Waals surface area contributed by atoms with Gasteiger partial charge in [-0.1, -0.05) is 42.5 Å². The number of pyridine rings is 1. The van der Waals surface area contributed by atoms with Crippen LogP contribution in [0.1, 0.15) is 5.69 Å². The Morgan fingerprint density at radius 3 is 2.68 bits per heavy atom. The monoisotopic (exact) mass is 308 g/mol. The van der Waals surface area contributed by atoms with Crippen LogP contribution in [0.2, 0.25) is 0 Å². The maximum atomic E-state index is 12.1. The minimum absolute atomic E-state index is 0.0453. The molecule has 0 fully saturated rings. The number of benzene rings is 2. The van der Waals surface area contributed by atoms with Crippen molar-refractivity contribution in [3.8, 4) is 0 Å². The minimum Gasteiger partial charge on any atom is -0.310 e. The largest absolute Gasteiger partial charge is 0.310 e. The molecule has 0 unspecified atom stereocenters. The summed E-state index contributed by atoms with van der Waals surface area (Å²) in [4.78, 5) is 17.5. The van der Waals surface area contributed by atoms with Crippen LogP contribution in [0.5, 0.6) is 0 Å². The van der Waals surface area contributed by atoms with Gasteiger partial charge in [-0.2, -0.15) is 0 Å². The molecular weight excluding hydrogens is 292 g/mol. The number of aromatic nitrogens is 1. The highest BCUT2D eigenvalue weighted by molar-refractivity contribution is 8.00. The summed E-state index contributed by atoms with van der Waals surface area (Å²) in [5.74, 6) is 0.920. The molecule has 0 aliphatic rings. The smallest absolute Gasteiger partial charge is 0.235 e. The maximum Gasteiger partial charge on any atom is 0.235 e. The third-order valence-corrected chi connectivity index (χ3v) is 4.34. The molecule has 2 aromatic carbocycles. The van der Waals surface area contributed by atoms with Crippen LogP contribution in [-0.4, -0.2) is 16.6 Å². The van der Waals surface area contributed by atoms with Crippen molar-refractivity contribution in [3.63, 3.8) is 0 Å². The molecule has 0 atom stereocenters. The van der Waals surface area contributed by atoms with E-state index in [1.807, 2.05) is 43.3 Å². The lowest BCUT2D eigenvalue weighted by atomic mass is 10.1. The first-order valence-corrected chi connectivity index (χ1v) is 8.05. The van der Waals surface area contributed by atoms with Crippen molar-refractivity contribution in [3.05, 3.63) is 66.4 Å². The second-order valence-electron chi connectivity index (χ2n) is 4.98. The van der Waals surface area contributed by atoms with Gasteiger partial charge in [-0.3, -0.25) is 4.79 Å². The Balaban J connectivity index is 1.68. The average Bonchev–Trinajstić information content (AvgIpc) is 2.53. The van der Waals surface area contributed by atoms with Gasteiger partial charge in [0.25, 0.3) is 0 Å². The Hall–Kier alpha value is -2.33. The molecule has 4 heteroatoms. The van der Waals surface area contributed by atoms with E-state index in [4.69, 9.17) is 0 Å². The Kier molecular flexibility index (Phi) is 4.39. The molecule has 1 N–H and O–H groups in total. The van der Waals surface area contributed by atoms with E-state index in [0.29, 0.717) is 11.6 Å². The average molecular weight is 308 g/mol. The summed E-state index contributed by atoms with van der Waals surface area (Å²) in [6.07, 6.45) is 0. The molecule has 0 saturated carbocycles. The summed E-state index contributed by atoms with van der Waals surface area (Å²) in [6, 6.07) is 19.9. The zero-order valence-corrected chi connectivity index (χ0v) is 13.1. The molecule has 0 bridgehead atoms. The van der Waals surface area contributed by atoms with Crippen LogP contribution in [-0.2, 0) is 4.79 Å². The Morgan fingerprint density at radius 2 is 1.82 bits per heavy atom. The topological polar surface area (TPSA) is 42.0 Å². The van der Waals surface area contributed by atoms with Gasteiger partial charge in [-0.15, -0.1) is 11.8 Å². The summed E-state index contributed by atoms with van der Waals surface area (Å²) in [5, 5.41) is 5.20. The Bertz CT molecular complexity index is 812. The van der Waals surface area contributed by atoms with Crippen molar-refractivity contribution in [1.82, 2.24) is 4.98 Å². The maximum absolute atomic E-state index is 12.1. The minimum atomic E-state index is -0.0453. The number of hydrogen-bond donors (Lipinski definition) is 1. The first-order valence-electron chi connectivity index (χ1n) is 7.06. The number of aryl methyl sites for hydroxylation is 1. The first kappa shape index (κ1) is 14.6. The Morgan fingerprint density at radius 1 is 1.05 bits per heavy atom. The predicted molar refractivity (Wildman–Crippen MR) is 92.3 cm³/mol. The van der Waals surface area contributed by atoms with Crippen LogP contribution in [0.25, 0.3) is 10.8 Å². The van der Waals surface area contributed by atoms with Crippen molar-refractivity contribution < 1.29 is 4.79 Å². The number of hydrogen-bond acceptors (Lipinski definition) is 3. The van der Waals surface area contributed by atoms with Crippen molar-refractivity contribution >= 4 is 34.3 Å². The molecule has 1 heterocycles. The molecule has 3 aromatic rings. The molecule has 22 heavy (non-hydrogen) atoms. The fourth-order valence-corrected chi connectivity index (χ4v) is 3.13. The summed E-state index contributed by atoms with van der Waals surface area (Å²) in [6.45, 7) is 1.90. The number of amides is 1. The Labute approximate surface area is 133 Å². The van der Waals surface area contributed by atoms with E-state index in [1.165, 1.54) is 10.8 Å². The van der Waals surface area contributed by atoms with E-state index in [1.54, 1.807) is 17.8 Å². The zero-order chi connectivity index (χ0) is 15.4. The molecule has 0 radical (unpaired) electrons. The third-order valence-electron chi connectivity index (χ3n) is 3.26. The van der Waals surface area contributed by atoms with Gasteiger partial charge < -0.3 is 5.32 Å². The van der Waals surface area contributed by atoms with E-state index in [9.17, 15) is 4.79 Å². The van der Waals surface area contributed by atoms with Crippen LogP contribution in [0.3, 0.4) is 0 Å². The van der Waals surface area contributed by atoms with Crippen molar-refractivity contribution in [1.29, 1.82) is 0 Å². The lowest BCUT2D eigenvalue weighted by Crippen LogP contribution is -2.15. The molecule has 1 aromatic heterocycles. The molecule has 0 spiro atoms. The molecule has 110 valence electrons. The van der Waals surface area contributed by atoms with Gasteiger partial charge in [0.15, 0.2) is 0 Å². The van der Waals surface area contributed by atoms with Crippen LogP contribution < -0.4 is 5.32 Å². The highest BCUT2D eigenvalue weighted by Gasteiger charge is 2.06. The highest BCUT2D eigenvalue weighted by atomic mass is 32.2. The van der Waals surface area contributed by atoms with Crippen LogP contribution in [0.4, 0.5) is 5.82 Å². The molecular formula is C18H16N2OS. The number of carbonyl (C=O) groups is 1. The van der Waals surface area contributed by atoms with Gasteiger partial charge >= 0.3 is 0 Å². The number of anilines is 1. The van der Waals surface area contributed by atoms with E-state index in [0.717, 1.165) is 10.6 Å². The lowest BCUT2D eigenvalue weighted by molar-refractivity contribution is -0.113. The van der Waals surface area contributed by atoms with Crippen LogP contribution in [0, 0.1) is 6.92 Å². The highest BCUT2D eigenvalue weighted by Crippen LogP contribution is 2.27. The fourth-order valence-electron chi connectivity index (χ4n) is 2.26. The molecule has 3 nitrogen and oxygen atoms in total. The van der Waals surface area contributed by atoms with Gasteiger partial charge in [0.05, 0.1) is 5.75 Å². The molecule has 1 amide bonds. The number of nitrogens with zero attached hydrogens (tertiary/aromatic N) is 1. The zero-order valence-electron chi connectivity index (χ0n) is 12.2. The summed E-state index contributed by atoms with van der Waals surface area (Å²) in [7, 11) is 0. The molecule has 0 aliphatic heterocycles. The normalized spacial score (nSPS) is 10.6. The van der Waals surface area contributed by atoms with E-state index >= 15 is 0 Å². The van der Waals surface area contributed by atoms with Crippen molar-refractivity contribution in [2.24, 2.45) is 0 Å². The van der Waals surface area contributed by atoms with Gasteiger partial charge in [-0.25, -0.2) is 4.98 Å². The second kappa shape index (κ2) is 6.62. The number of thioether (sulfide) groups is 1. The van der Waals surface area contributed by atoms with Crippen LogP contribution >= 0.6 is 11.8 Å². The van der Waals surface area contributed by atoms with Crippen molar-refractivity contribution in [2.45, 2.75) is 11.8 Å². The van der Waals surface area contributed by atoms with Crippen molar-refractivity contribution in [2.75, 3.05) is 11.1 Å². The summed E-state index contributed by atoms with van der Waals surface area (Å²) in [5.41, 5.74) is 0.888. The van der Waals surface area contributed by atoms with E-state index in [-0.39, 0.29) is 5.91 Å². The van der Waals surface area contributed by atoms with E-state index in [2.05, 4.69) is 28.5 Å². The van der Waals surface area contributed by atoms with Gasteiger partial charge in [-0.05, 0) is 35.9 Å². The lowest BCUT2D eigenvalue weighted by Gasteiger charge is -2.07. The summed E-state index contributed by atoms with van der Waals surface area (Å²) < 4.78 is 0. The SMILES string of the molecule is Cc1cccc(NC(=O)CSc2cccc3ccccc23)n1. The predicted octanol–water partition coefficient (Wildman–Crippen LogP) is 4.27. The molecule has 0 aliphatic carbocycles. The number of rotatable bonds is 4. The molecule has 0 saturated heterocycles. The first-order chi connectivity index (χ1) is 10.7. The standard InChI is InChI=1S/C18H16N2OS/c1-13-6-4-11-17(19-13)20-18(21)12-22-16-10-5-8-14-7-2-3-9-15(14)16/h2-11H,12H2,1H3,(H,19,20,21). The number of nitrogens with one attached hydrogen (secondary N) is 1. The van der Waals surface area contributed by atoms with Gasteiger partial charge in [0.1, 0.15) is 5.82 Å². The van der Waals surface area contributed by atoms with Crippen LogP contribution in [0.15, 0.2) is 65.6 Å². The fraction of sp³-hybridized carbons (Fsp3) is 0.111. The number of carbonyl (C=O) groups excluding carboxylic acids is 1. The second-order valence-corrected chi connectivity index (χ2v) is 6.00. The quantitative estimate of drug-likeness (QED) is 0.732. The molecule has 3 rings (SSSR count). The number of fused-ring (bicyclic) bond motifs is 1. The van der Waals surface area contributed by atoms with Gasteiger partial charge in [0.2, 0.25) is 5.91 Å². The van der Waals surface area contributed by atoms with Gasteiger partial charge in [0, 0.05) is 10.6 Å². The van der Waals surface area contributed by atoms with E-state index < -0.39 is 0 Å². The third kappa shape index (κ3) is 3.46.